The average Bonchev–Trinajstić information content (AvgIpc) is 2.32. The first-order valence-electron chi connectivity index (χ1n) is 5.52. The van der Waals surface area contributed by atoms with Crippen molar-refractivity contribution in [2.24, 2.45) is 0 Å². The van der Waals surface area contributed by atoms with Gasteiger partial charge in [0, 0.05) is 24.9 Å². The molecule has 0 aliphatic carbocycles. The van der Waals surface area contributed by atoms with Crippen molar-refractivity contribution in [1.82, 2.24) is 4.98 Å². The smallest absolute Gasteiger partial charge is 0.352 e. The molecule has 0 radical (unpaired) electrons. The van der Waals surface area contributed by atoms with Crippen LogP contribution in [0.15, 0.2) is 28.4 Å². The van der Waals surface area contributed by atoms with Gasteiger partial charge in [0.05, 0.1) is 4.47 Å². The Labute approximate surface area is 112 Å². The van der Waals surface area contributed by atoms with Gasteiger partial charge in [0.25, 0.3) is 0 Å². The van der Waals surface area contributed by atoms with Crippen molar-refractivity contribution in [3.63, 3.8) is 0 Å². The molecule has 0 unspecified atom stereocenters. The lowest BCUT2D eigenvalue weighted by molar-refractivity contribution is -0.0944. The number of nitrogens with zero attached hydrogens (tertiary/aromatic N) is 2. The third kappa shape index (κ3) is 2.68. The first-order valence-corrected chi connectivity index (χ1v) is 6.31. The fourth-order valence-corrected chi connectivity index (χ4v) is 2.35. The monoisotopic (exact) mass is 320 g/mol. The van der Waals surface area contributed by atoms with Gasteiger partial charge in [-0.25, -0.2) is 4.98 Å². The van der Waals surface area contributed by atoms with Crippen molar-refractivity contribution >= 4 is 21.7 Å². The van der Waals surface area contributed by atoms with Crippen molar-refractivity contribution in [3.8, 4) is 0 Å². The van der Waals surface area contributed by atoms with Crippen LogP contribution >= 0.6 is 15.9 Å². The highest BCUT2D eigenvalue weighted by Gasteiger charge is 2.35. The maximum atomic E-state index is 12.5. The summed E-state index contributed by atoms with van der Waals surface area (Å²) >= 11 is 3.42. The summed E-state index contributed by atoms with van der Waals surface area (Å²) in [7, 11) is 0. The minimum absolute atomic E-state index is 0.00552. The molecule has 0 amide bonds. The van der Waals surface area contributed by atoms with E-state index in [-0.39, 0.29) is 13.0 Å². The zero-order chi connectivity index (χ0) is 13.3. The van der Waals surface area contributed by atoms with E-state index in [0.717, 1.165) is 10.0 Å². The number of anilines is 1. The highest BCUT2D eigenvalue weighted by atomic mass is 79.9. The van der Waals surface area contributed by atoms with E-state index in [2.05, 4.69) is 20.9 Å². The zero-order valence-corrected chi connectivity index (χ0v) is 11.3. The Balaban J connectivity index is 2.20. The number of halogens is 4. The summed E-state index contributed by atoms with van der Waals surface area (Å²) in [5.41, 5.74) is 0.577. The lowest BCUT2D eigenvalue weighted by atomic mass is 10.1. The molecule has 1 aromatic rings. The molecule has 6 heteroatoms. The lowest BCUT2D eigenvalue weighted by Crippen LogP contribution is -2.32. The van der Waals surface area contributed by atoms with Crippen LogP contribution in [-0.2, 0) is 0 Å². The number of hydrogen-bond donors (Lipinski definition) is 0. The fraction of sp³-hybridized carbons (Fsp3) is 0.417. The van der Waals surface area contributed by atoms with E-state index in [1.807, 2.05) is 17.9 Å². The minimum atomic E-state index is -4.21. The van der Waals surface area contributed by atoms with Gasteiger partial charge in [-0.15, -0.1) is 0 Å². The standard InChI is InChI=1S/C12H12BrF3N2/c1-8-2-5-17-11(10(8)13)18-6-3-9(4-7-18)12(14,15)16/h2-3,5H,4,6-7H2,1H3. The van der Waals surface area contributed by atoms with Crippen molar-refractivity contribution in [2.45, 2.75) is 19.5 Å². The van der Waals surface area contributed by atoms with Gasteiger partial charge in [0.15, 0.2) is 0 Å². The number of pyridine rings is 1. The van der Waals surface area contributed by atoms with Crippen LogP contribution in [0.5, 0.6) is 0 Å². The summed E-state index contributed by atoms with van der Waals surface area (Å²) < 4.78 is 38.3. The molecule has 0 saturated carbocycles. The van der Waals surface area contributed by atoms with E-state index in [9.17, 15) is 13.2 Å². The number of rotatable bonds is 1. The van der Waals surface area contributed by atoms with E-state index in [1.54, 1.807) is 6.20 Å². The van der Waals surface area contributed by atoms with E-state index in [0.29, 0.717) is 12.4 Å². The van der Waals surface area contributed by atoms with Gasteiger partial charge in [-0.3, -0.25) is 0 Å². The molecule has 0 atom stereocenters. The van der Waals surface area contributed by atoms with E-state index in [1.165, 1.54) is 6.08 Å². The molecule has 1 aromatic heterocycles. The molecule has 2 nitrogen and oxygen atoms in total. The highest BCUT2D eigenvalue weighted by Crippen LogP contribution is 2.33. The molecule has 0 spiro atoms. The lowest BCUT2D eigenvalue weighted by Gasteiger charge is -2.29. The molecule has 1 aliphatic heterocycles. The van der Waals surface area contributed by atoms with E-state index in [4.69, 9.17) is 0 Å². The molecule has 0 fully saturated rings. The van der Waals surface area contributed by atoms with Crippen LogP contribution in [-0.4, -0.2) is 24.2 Å². The Morgan fingerprint density at radius 2 is 2.11 bits per heavy atom. The largest absolute Gasteiger partial charge is 0.412 e. The summed E-state index contributed by atoms with van der Waals surface area (Å²) in [5.74, 6) is 0.701. The third-order valence-electron chi connectivity index (χ3n) is 2.94. The van der Waals surface area contributed by atoms with Gasteiger partial charge in [-0.1, -0.05) is 6.08 Å². The van der Waals surface area contributed by atoms with Crippen molar-refractivity contribution in [1.29, 1.82) is 0 Å². The Morgan fingerprint density at radius 1 is 1.39 bits per heavy atom. The topological polar surface area (TPSA) is 16.1 Å². The molecule has 0 saturated heterocycles. The third-order valence-corrected chi connectivity index (χ3v) is 3.92. The van der Waals surface area contributed by atoms with Gasteiger partial charge in [0.2, 0.25) is 0 Å². The summed E-state index contributed by atoms with van der Waals surface area (Å²) in [5, 5.41) is 0. The predicted octanol–water partition coefficient (Wildman–Crippen LogP) is 3.85. The summed E-state index contributed by atoms with van der Waals surface area (Å²) in [6.45, 7) is 2.50. The van der Waals surface area contributed by atoms with Crippen molar-refractivity contribution in [3.05, 3.63) is 33.9 Å². The molecule has 1 aliphatic rings. The van der Waals surface area contributed by atoms with Crippen LogP contribution in [0.3, 0.4) is 0 Å². The van der Waals surface area contributed by atoms with Crippen LogP contribution < -0.4 is 4.90 Å². The number of aryl methyl sites for hydroxylation is 1. The Morgan fingerprint density at radius 3 is 2.67 bits per heavy atom. The van der Waals surface area contributed by atoms with Gasteiger partial charge in [-0.05, 0) is 40.9 Å². The fourth-order valence-electron chi connectivity index (χ4n) is 1.87. The molecule has 2 heterocycles. The second kappa shape index (κ2) is 4.91. The summed E-state index contributed by atoms with van der Waals surface area (Å²) in [6, 6.07) is 1.86. The maximum Gasteiger partial charge on any atom is 0.412 e. The van der Waals surface area contributed by atoms with Crippen LogP contribution in [0.2, 0.25) is 0 Å². The molecule has 18 heavy (non-hydrogen) atoms. The number of hydrogen-bond acceptors (Lipinski definition) is 2. The normalized spacial score (nSPS) is 16.7. The van der Waals surface area contributed by atoms with Gasteiger partial charge in [-0.2, -0.15) is 13.2 Å². The second-order valence-electron chi connectivity index (χ2n) is 4.19. The number of aromatic nitrogens is 1. The summed E-state index contributed by atoms with van der Waals surface area (Å²) in [6.07, 6.45) is -1.30. The molecule has 98 valence electrons. The molecular weight excluding hydrogens is 309 g/mol. The minimum Gasteiger partial charge on any atom is -0.352 e. The van der Waals surface area contributed by atoms with Crippen molar-refractivity contribution < 1.29 is 13.2 Å². The predicted molar refractivity (Wildman–Crippen MR) is 67.6 cm³/mol. The summed E-state index contributed by atoms with van der Waals surface area (Å²) in [4.78, 5) is 6.06. The molecule has 0 bridgehead atoms. The Kier molecular flexibility index (Phi) is 3.66. The van der Waals surface area contributed by atoms with Crippen LogP contribution in [0.25, 0.3) is 0 Å². The van der Waals surface area contributed by atoms with E-state index < -0.39 is 11.7 Å². The average molecular weight is 321 g/mol. The van der Waals surface area contributed by atoms with Crippen LogP contribution in [0.4, 0.5) is 19.0 Å². The molecule has 2 rings (SSSR count). The Bertz CT molecular complexity index is 483. The quantitative estimate of drug-likeness (QED) is 0.731. The van der Waals surface area contributed by atoms with Crippen LogP contribution in [0, 0.1) is 6.92 Å². The Hall–Kier alpha value is -1.04. The molecule has 0 aromatic carbocycles. The first-order chi connectivity index (χ1) is 8.39. The number of alkyl halides is 3. The molecule has 0 N–H and O–H groups in total. The highest BCUT2D eigenvalue weighted by molar-refractivity contribution is 9.10. The van der Waals surface area contributed by atoms with Crippen molar-refractivity contribution in [2.75, 3.05) is 18.0 Å². The molecular formula is C12H12BrF3N2. The van der Waals surface area contributed by atoms with Crippen LogP contribution in [0.1, 0.15) is 12.0 Å². The van der Waals surface area contributed by atoms with Gasteiger partial charge < -0.3 is 4.90 Å². The van der Waals surface area contributed by atoms with E-state index >= 15 is 0 Å². The maximum absolute atomic E-state index is 12.5. The van der Waals surface area contributed by atoms with Gasteiger partial charge in [0.1, 0.15) is 5.82 Å². The van der Waals surface area contributed by atoms with Gasteiger partial charge >= 0.3 is 6.18 Å². The SMILES string of the molecule is Cc1ccnc(N2CC=C(C(F)(F)F)CC2)c1Br. The first kappa shape index (κ1) is 13.4. The zero-order valence-electron chi connectivity index (χ0n) is 9.76. The second-order valence-corrected chi connectivity index (χ2v) is 4.98.